The first-order valence-electron chi connectivity index (χ1n) is 4.87. The molecule has 0 radical (unpaired) electrons. The Kier molecular flexibility index (Phi) is 4.40. The molecule has 1 amide bonds. The molecule has 0 saturated heterocycles. The fourth-order valence-corrected chi connectivity index (χ4v) is 1.17. The molecule has 1 aromatic rings. The smallest absolute Gasteiger partial charge is 0.238 e. The molecule has 1 aromatic carbocycles. The van der Waals surface area contributed by atoms with Gasteiger partial charge in [-0.25, -0.2) is 8.78 Å². The number of nitrogens with zero attached hydrogens (tertiary/aromatic N) is 1. The van der Waals surface area contributed by atoms with Crippen LogP contribution < -0.4 is 10.1 Å². The standard InChI is InChI=1S/C11H10F2N2O2/c1-2-17-8-4-3-7(12)11(10(8)13)15-9(16)5-6-14/h3-4H,2,5H2,1H3,(H,15,16). The molecule has 0 aliphatic heterocycles. The summed E-state index contributed by atoms with van der Waals surface area (Å²) in [6.45, 7) is 1.87. The lowest BCUT2D eigenvalue weighted by Crippen LogP contribution is -2.13. The fraction of sp³-hybridized carbons (Fsp3) is 0.273. The van der Waals surface area contributed by atoms with Gasteiger partial charge in [0.05, 0.1) is 12.7 Å². The van der Waals surface area contributed by atoms with Gasteiger partial charge in [0.2, 0.25) is 5.91 Å². The van der Waals surface area contributed by atoms with Crippen molar-refractivity contribution < 1.29 is 18.3 Å². The van der Waals surface area contributed by atoms with Crippen molar-refractivity contribution in [1.82, 2.24) is 0 Å². The van der Waals surface area contributed by atoms with E-state index in [2.05, 4.69) is 0 Å². The van der Waals surface area contributed by atoms with E-state index in [1.807, 2.05) is 5.32 Å². The number of nitrogens with one attached hydrogen (secondary N) is 1. The van der Waals surface area contributed by atoms with Crippen LogP contribution in [0.3, 0.4) is 0 Å². The fourth-order valence-electron chi connectivity index (χ4n) is 1.17. The Hall–Kier alpha value is -2.16. The molecule has 0 spiro atoms. The second-order valence-corrected chi connectivity index (χ2v) is 3.05. The predicted molar refractivity (Wildman–Crippen MR) is 56.4 cm³/mol. The number of ether oxygens (including phenoxy) is 1. The summed E-state index contributed by atoms with van der Waals surface area (Å²) in [6.07, 6.45) is -0.474. The SMILES string of the molecule is CCOc1ccc(F)c(NC(=O)CC#N)c1F. The Morgan fingerprint density at radius 2 is 2.24 bits per heavy atom. The summed E-state index contributed by atoms with van der Waals surface area (Å²) in [7, 11) is 0. The van der Waals surface area contributed by atoms with Crippen molar-refractivity contribution in [2.75, 3.05) is 11.9 Å². The van der Waals surface area contributed by atoms with Crippen molar-refractivity contribution in [3.63, 3.8) is 0 Å². The van der Waals surface area contributed by atoms with E-state index in [0.717, 1.165) is 12.1 Å². The van der Waals surface area contributed by atoms with E-state index >= 15 is 0 Å². The molecule has 0 bridgehead atoms. The molecule has 0 aromatic heterocycles. The van der Waals surface area contributed by atoms with Crippen LogP contribution in [0, 0.1) is 23.0 Å². The molecule has 0 unspecified atom stereocenters. The average Bonchev–Trinajstić information content (AvgIpc) is 2.29. The largest absolute Gasteiger partial charge is 0.491 e. The van der Waals surface area contributed by atoms with Crippen LogP contribution in [0.25, 0.3) is 0 Å². The van der Waals surface area contributed by atoms with Gasteiger partial charge in [-0.05, 0) is 19.1 Å². The summed E-state index contributed by atoms with van der Waals surface area (Å²) in [5.41, 5.74) is -0.601. The summed E-state index contributed by atoms with van der Waals surface area (Å²) in [4.78, 5) is 11.1. The number of halogens is 2. The molecule has 0 aliphatic rings. The lowest BCUT2D eigenvalue weighted by molar-refractivity contribution is -0.115. The summed E-state index contributed by atoms with van der Waals surface area (Å²) >= 11 is 0. The van der Waals surface area contributed by atoms with Crippen molar-refractivity contribution in [3.8, 4) is 11.8 Å². The van der Waals surface area contributed by atoms with Gasteiger partial charge >= 0.3 is 0 Å². The van der Waals surface area contributed by atoms with Gasteiger partial charge in [-0.1, -0.05) is 0 Å². The predicted octanol–water partition coefficient (Wildman–Crippen LogP) is 2.22. The highest BCUT2D eigenvalue weighted by Gasteiger charge is 2.16. The monoisotopic (exact) mass is 240 g/mol. The molecule has 90 valence electrons. The lowest BCUT2D eigenvalue weighted by Gasteiger charge is -2.10. The van der Waals surface area contributed by atoms with Gasteiger partial charge in [-0.3, -0.25) is 4.79 Å². The number of carbonyl (C=O) groups excluding carboxylic acids is 1. The minimum atomic E-state index is -0.988. The van der Waals surface area contributed by atoms with Crippen LogP contribution in [0.15, 0.2) is 12.1 Å². The molecular weight excluding hydrogens is 230 g/mol. The van der Waals surface area contributed by atoms with Crippen molar-refractivity contribution in [1.29, 1.82) is 5.26 Å². The van der Waals surface area contributed by atoms with Gasteiger partial charge in [-0.2, -0.15) is 5.26 Å². The molecular formula is C11H10F2N2O2. The van der Waals surface area contributed by atoms with Crippen LogP contribution in [-0.4, -0.2) is 12.5 Å². The number of amides is 1. The van der Waals surface area contributed by atoms with Crippen LogP contribution in [0.4, 0.5) is 14.5 Å². The van der Waals surface area contributed by atoms with E-state index < -0.39 is 29.6 Å². The quantitative estimate of drug-likeness (QED) is 0.877. The molecule has 0 aliphatic carbocycles. The molecule has 1 rings (SSSR count). The Morgan fingerprint density at radius 1 is 1.53 bits per heavy atom. The number of carbonyl (C=O) groups is 1. The first-order valence-corrected chi connectivity index (χ1v) is 4.87. The van der Waals surface area contributed by atoms with Crippen molar-refractivity contribution in [2.24, 2.45) is 0 Å². The van der Waals surface area contributed by atoms with E-state index in [4.69, 9.17) is 10.00 Å². The minimum Gasteiger partial charge on any atom is -0.491 e. The van der Waals surface area contributed by atoms with Crippen LogP contribution >= 0.6 is 0 Å². The van der Waals surface area contributed by atoms with Crippen molar-refractivity contribution >= 4 is 11.6 Å². The van der Waals surface area contributed by atoms with Gasteiger partial charge in [0.15, 0.2) is 11.6 Å². The maximum absolute atomic E-state index is 13.7. The first kappa shape index (κ1) is 12.9. The molecule has 0 fully saturated rings. The van der Waals surface area contributed by atoms with E-state index in [1.165, 1.54) is 0 Å². The number of anilines is 1. The van der Waals surface area contributed by atoms with E-state index in [1.54, 1.807) is 13.0 Å². The molecule has 6 heteroatoms. The van der Waals surface area contributed by atoms with Crippen LogP contribution in [0.2, 0.25) is 0 Å². The normalized spacial score (nSPS) is 9.53. The second kappa shape index (κ2) is 5.80. The van der Waals surface area contributed by atoms with Gasteiger partial charge in [-0.15, -0.1) is 0 Å². The topological polar surface area (TPSA) is 62.1 Å². The summed E-state index contributed by atoms with van der Waals surface area (Å²) < 4.78 is 31.9. The third-order valence-corrected chi connectivity index (χ3v) is 1.86. The van der Waals surface area contributed by atoms with Crippen molar-refractivity contribution in [2.45, 2.75) is 13.3 Å². The van der Waals surface area contributed by atoms with Gasteiger partial charge in [0, 0.05) is 0 Å². The maximum atomic E-state index is 13.7. The summed E-state index contributed by atoms with van der Waals surface area (Å²) in [5, 5.41) is 10.3. The van der Waals surface area contributed by atoms with E-state index in [0.29, 0.717) is 0 Å². The average molecular weight is 240 g/mol. The summed E-state index contributed by atoms with van der Waals surface area (Å²) in [5.74, 6) is -2.84. The molecule has 4 nitrogen and oxygen atoms in total. The Bertz CT molecular complexity index is 469. The molecule has 0 heterocycles. The zero-order valence-corrected chi connectivity index (χ0v) is 9.09. The van der Waals surface area contributed by atoms with Crippen LogP contribution in [0.1, 0.15) is 13.3 Å². The lowest BCUT2D eigenvalue weighted by atomic mass is 10.2. The third-order valence-electron chi connectivity index (χ3n) is 1.86. The van der Waals surface area contributed by atoms with Gasteiger partial charge in [0.25, 0.3) is 0 Å². The second-order valence-electron chi connectivity index (χ2n) is 3.05. The van der Waals surface area contributed by atoms with E-state index in [9.17, 15) is 13.6 Å². The Labute approximate surface area is 96.8 Å². The van der Waals surface area contributed by atoms with E-state index in [-0.39, 0.29) is 12.4 Å². The van der Waals surface area contributed by atoms with Crippen molar-refractivity contribution in [3.05, 3.63) is 23.8 Å². The third kappa shape index (κ3) is 3.14. The highest BCUT2D eigenvalue weighted by molar-refractivity contribution is 5.92. The maximum Gasteiger partial charge on any atom is 0.238 e. The number of benzene rings is 1. The zero-order chi connectivity index (χ0) is 12.8. The number of hydrogen-bond acceptors (Lipinski definition) is 3. The highest BCUT2D eigenvalue weighted by atomic mass is 19.1. The van der Waals surface area contributed by atoms with Crippen LogP contribution in [0.5, 0.6) is 5.75 Å². The summed E-state index contributed by atoms with van der Waals surface area (Å²) in [6, 6.07) is 3.69. The van der Waals surface area contributed by atoms with Gasteiger partial charge < -0.3 is 10.1 Å². The number of nitriles is 1. The Morgan fingerprint density at radius 3 is 2.82 bits per heavy atom. The van der Waals surface area contributed by atoms with Crippen LogP contribution in [-0.2, 0) is 4.79 Å². The Balaban J connectivity index is 3.01. The molecule has 0 saturated carbocycles. The molecule has 17 heavy (non-hydrogen) atoms. The minimum absolute atomic E-state index is 0.152. The first-order chi connectivity index (χ1) is 8.10. The number of rotatable bonds is 4. The van der Waals surface area contributed by atoms with Gasteiger partial charge in [0.1, 0.15) is 17.9 Å². The molecule has 1 N–H and O–H groups in total. The highest BCUT2D eigenvalue weighted by Crippen LogP contribution is 2.27. The zero-order valence-electron chi connectivity index (χ0n) is 9.09. The molecule has 0 atom stereocenters. The number of hydrogen-bond donors (Lipinski definition) is 1.